The summed E-state index contributed by atoms with van der Waals surface area (Å²) in [6.45, 7) is 2.06. The monoisotopic (exact) mass is 338 g/mol. The van der Waals surface area contributed by atoms with E-state index >= 15 is 0 Å². The molecule has 2 unspecified atom stereocenters. The summed E-state index contributed by atoms with van der Waals surface area (Å²) in [5, 5.41) is 3.44. The van der Waals surface area contributed by atoms with Crippen molar-refractivity contribution in [3.63, 3.8) is 0 Å². The highest BCUT2D eigenvalue weighted by molar-refractivity contribution is 5.94. The van der Waals surface area contributed by atoms with Crippen molar-refractivity contribution in [2.24, 2.45) is 0 Å². The van der Waals surface area contributed by atoms with Gasteiger partial charge in [0.2, 0.25) is 0 Å². The fourth-order valence-electron chi connectivity index (χ4n) is 3.82. The van der Waals surface area contributed by atoms with Crippen LogP contribution in [-0.4, -0.2) is 52.1 Å². The van der Waals surface area contributed by atoms with Gasteiger partial charge >= 0.3 is 0 Å². The number of nitrogens with one attached hydrogen (secondary N) is 1. The summed E-state index contributed by atoms with van der Waals surface area (Å²) in [6, 6.07) is 9.67. The van der Waals surface area contributed by atoms with E-state index in [-0.39, 0.29) is 17.6 Å². The highest BCUT2D eigenvalue weighted by atomic mass is 16.5. The Morgan fingerprint density at radius 3 is 3.04 bits per heavy atom. The van der Waals surface area contributed by atoms with Crippen LogP contribution < -0.4 is 5.32 Å². The average molecular weight is 338 g/mol. The molecule has 2 atom stereocenters. The Bertz CT molecular complexity index is 725. The first-order valence-electron chi connectivity index (χ1n) is 8.75. The number of anilines is 1. The second kappa shape index (κ2) is 6.80. The molecule has 1 spiro atoms. The number of likely N-dealkylation sites (tertiary alicyclic amines) is 1. The van der Waals surface area contributed by atoms with Gasteiger partial charge in [-0.05, 0) is 37.1 Å². The third-order valence-electron chi connectivity index (χ3n) is 4.96. The van der Waals surface area contributed by atoms with E-state index < -0.39 is 0 Å². The van der Waals surface area contributed by atoms with Gasteiger partial charge in [-0.1, -0.05) is 6.07 Å². The molecule has 0 saturated carbocycles. The minimum atomic E-state index is -0.247. The molecule has 0 aromatic carbocycles. The summed E-state index contributed by atoms with van der Waals surface area (Å²) in [7, 11) is 0. The molecule has 2 aromatic rings. The molecule has 1 N–H and O–H groups in total. The Kier molecular flexibility index (Phi) is 4.36. The zero-order chi connectivity index (χ0) is 17.1. The molecule has 4 heterocycles. The molecular formula is C19H22N4O2. The number of hydrogen-bond acceptors (Lipinski definition) is 5. The number of hydrogen-bond donors (Lipinski definition) is 1. The van der Waals surface area contributed by atoms with E-state index in [4.69, 9.17) is 4.74 Å². The van der Waals surface area contributed by atoms with Crippen LogP contribution >= 0.6 is 0 Å². The number of carbonyl (C=O) groups is 1. The zero-order valence-electron chi connectivity index (χ0n) is 14.1. The molecule has 130 valence electrons. The lowest BCUT2D eigenvalue weighted by molar-refractivity contribution is -0.0447. The summed E-state index contributed by atoms with van der Waals surface area (Å²) in [4.78, 5) is 23.0. The predicted molar refractivity (Wildman–Crippen MR) is 94.3 cm³/mol. The Labute approximate surface area is 147 Å². The summed E-state index contributed by atoms with van der Waals surface area (Å²) < 4.78 is 6.18. The van der Waals surface area contributed by atoms with Gasteiger partial charge in [-0.15, -0.1) is 0 Å². The van der Waals surface area contributed by atoms with Gasteiger partial charge in [0.1, 0.15) is 5.82 Å². The van der Waals surface area contributed by atoms with Crippen LogP contribution in [0.2, 0.25) is 0 Å². The molecule has 2 aliphatic rings. The number of ether oxygens (including phenoxy) is 1. The van der Waals surface area contributed by atoms with Crippen molar-refractivity contribution in [3.8, 4) is 0 Å². The number of nitrogens with zero attached hydrogens (tertiary/aromatic N) is 3. The average Bonchev–Trinajstić information content (AvgIpc) is 3.04. The largest absolute Gasteiger partial charge is 0.371 e. The van der Waals surface area contributed by atoms with Gasteiger partial charge in [0.15, 0.2) is 0 Å². The molecule has 25 heavy (non-hydrogen) atoms. The predicted octanol–water partition coefficient (Wildman–Crippen LogP) is 2.35. The topological polar surface area (TPSA) is 67.4 Å². The molecule has 2 aliphatic heterocycles. The van der Waals surface area contributed by atoms with E-state index in [1.807, 2.05) is 29.2 Å². The fourth-order valence-corrected chi connectivity index (χ4v) is 3.82. The minimum Gasteiger partial charge on any atom is -0.371 e. The number of rotatable bonds is 3. The maximum atomic E-state index is 12.7. The summed E-state index contributed by atoms with van der Waals surface area (Å²) in [5.74, 6) is 0.907. The SMILES string of the molecule is O=C(c1cccnc1)N1CCCC2(CC(Nc3ccccn3)CO2)C1. The molecular weight excluding hydrogens is 316 g/mol. The summed E-state index contributed by atoms with van der Waals surface area (Å²) in [6.07, 6.45) is 7.93. The molecule has 2 saturated heterocycles. The second-order valence-electron chi connectivity index (χ2n) is 6.83. The third-order valence-corrected chi connectivity index (χ3v) is 4.96. The highest BCUT2D eigenvalue weighted by Gasteiger charge is 2.44. The van der Waals surface area contributed by atoms with Gasteiger partial charge in [-0.3, -0.25) is 9.78 Å². The molecule has 2 fully saturated rings. The van der Waals surface area contributed by atoms with Crippen molar-refractivity contribution in [2.75, 3.05) is 25.0 Å². The van der Waals surface area contributed by atoms with E-state index in [1.54, 1.807) is 24.7 Å². The van der Waals surface area contributed by atoms with E-state index in [1.165, 1.54) is 0 Å². The van der Waals surface area contributed by atoms with Crippen LogP contribution in [0.3, 0.4) is 0 Å². The number of carbonyl (C=O) groups excluding carboxylic acids is 1. The van der Waals surface area contributed by atoms with Crippen molar-refractivity contribution in [1.82, 2.24) is 14.9 Å². The van der Waals surface area contributed by atoms with Crippen LogP contribution in [0.15, 0.2) is 48.9 Å². The molecule has 6 heteroatoms. The molecule has 1 amide bonds. The molecule has 0 bridgehead atoms. The van der Waals surface area contributed by atoms with Crippen molar-refractivity contribution in [1.29, 1.82) is 0 Å². The van der Waals surface area contributed by atoms with Gasteiger partial charge in [0, 0.05) is 31.6 Å². The smallest absolute Gasteiger partial charge is 0.255 e. The molecule has 6 nitrogen and oxygen atoms in total. The third kappa shape index (κ3) is 3.49. The maximum Gasteiger partial charge on any atom is 0.255 e. The van der Waals surface area contributed by atoms with Crippen LogP contribution in [0.1, 0.15) is 29.6 Å². The number of amides is 1. The van der Waals surface area contributed by atoms with E-state index in [0.29, 0.717) is 18.7 Å². The standard InChI is InChI=1S/C19H22N4O2/c24-18(15-5-3-8-20-12-15)23-10-4-7-19(14-23)11-16(13-25-19)22-17-6-1-2-9-21-17/h1-3,5-6,8-9,12,16H,4,7,10-11,13-14H2,(H,21,22). The van der Waals surface area contributed by atoms with Gasteiger partial charge < -0.3 is 15.0 Å². The van der Waals surface area contributed by atoms with Crippen molar-refractivity contribution >= 4 is 11.7 Å². The van der Waals surface area contributed by atoms with Crippen LogP contribution in [0.4, 0.5) is 5.82 Å². The number of aromatic nitrogens is 2. The Hall–Kier alpha value is -2.47. The molecule has 0 aliphatic carbocycles. The van der Waals surface area contributed by atoms with Gasteiger partial charge in [0.25, 0.3) is 5.91 Å². The van der Waals surface area contributed by atoms with Crippen LogP contribution in [0.5, 0.6) is 0 Å². The minimum absolute atomic E-state index is 0.0388. The quantitative estimate of drug-likeness (QED) is 0.930. The second-order valence-corrected chi connectivity index (χ2v) is 6.83. The van der Waals surface area contributed by atoms with Gasteiger partial charge in [-0.25, -0.2) is 4.98 Å². The molecule has 2 aromatic heterocycles. The molecule has 0 radical (unpaired) electrons. The number of piperidine rings is 1. The first-order valence-corrected chi connectivity index (χ1v) is 8.75. The van der Waals surface area contributed by atoms with E-state index in [2.05, 4.69) is 15.3 Å². The van der Waals surface area contributed by atoms with Crippen molar-refractivity contribution in [3.05, 3.63) is 54.5 Å². The summed E-state index contributed by atoms with van der Waals surface area (Å²) in [5.41, 5.74) is 0.392. The van der Waals surface area contributed by atoms with E-state index in [9.17, 15) is 4.79 Å². The normalized spacial score (nSPS) is 25.9. The van der Waals surface area contributed by atoms with Crippen LogP contribution in [0, 0.1) is 0 Å². The molecule has 4 rings (SSSR count). The Morgan fingerprint density at radius 2 is 2.24 bits per heavy atom. The fraction of sp³-hybridized carbons (Fsp3) is 0.421. The summed E-state index contributed by atoms with van der Waals surface area (Å²) >= 11 is 0. The first kappa shape index (κ1) is 16.0. The van der Waals surface area contributed by atoms with Gasteiger partial charge in [-0.2, -0.15) is 0 Å². The van der Waals surface area contributed by atoms with Crippen LogP contribution in [-0.2, 0) is 4.74 Å². The Balaban J connectivity index is 1.42. The van der Waals surface area contributed by atoms with Crippen molar-refractivity contribution < 1.29 is 9.53 Å². The lowest BCUT2D eigenvalue weighted by Crippen LogP contribution is -2.50. The highest BCUT2D eigenvalue weighted by Crippen LogP contribution is 2.36. The van der Waals surface area contributed by atoms with Crippen molar-refractivity contribution in [2.45, 2.75) is 30.9 Å². The zero-order valence-corrected chi connectivity index (χ0v) is 14.1. The Morgan fingerprint density at radius 1 is 1.28 bits per heavy atom. The maximum absolute atomic E-state index is 12.7. The lowest BCUT2D eigenvalue weighted by atomic mass is 9.88. The van der Waals surface area contributed by atoms with E-state index in [0.717, 1.165) is 31.6 Å². The lowest BCUT2D eigenvalue weighted by Gasteiger charge is -2.39. The first-order chi connectivity index (χ1) is 12.2. The number of pyridine rings is 2. The van der Waals surface area contributed by atoms with Gasteiger partial charge in [0.05, 0.1) is 30.4 Å². The van der Waals surface area contributed by atoms with Crippen LogP contribution in [0.25, 0.3) is 0 Å².